The van der Waals surface area contributed by atoms with E-state index in [1.807, 2.05) is 36.4 Å². The second-order valence-corrected chi connectivity index (χ2v) is 8.09. The molecule has 0 fully saturated rings. The highest BCUT2D eigenvalue weighted by atomic mass is 16.3. The summed E-state index contributed by atoms with van der Waals surface area (Å²) in [6.07, 6.45) is 0. The quantitative estimate of drug-likeness (QED) is 0.284. The van der Waals surface area contributed by atoms with E-state index in [4.69, 9.17) is 4.42 Å². The van der Waals surface area contributed by atoms with Crippen LogP contribution >= 0.6 is 0 Å². The topological polar surface area (TPSA) is 26.0 Å². The number of nitrogens with zero attached hydrogens (tertiary/aromatic N) is 1. The first-order chi connectivity index (χ1) is 16.3. The molecule has 6 rings (SSSR count). The molecule has 0 N–H and O–H groups in total. The van der Waals surface area contributed by atoms with E-state index in [1.54, 1.807) is 0 Å². The van der Waals surface area contributed by atoms with Crippen molar-refractivity contribution < 1.29 is 4.42 Å². The maximum atomic E-state index is 5.95. The van der Waals surface area contributed by atoms with Gasteiger partial charge in [-0.1, -0.05) is 103 Å². The van der Waals surface area contributed by atoms with Crippen molar-refractivity contribution in [2.45, 2.75) is 0 Å². The molecule has 0 bridgehead atoms. The standard InChI is InChI=1S/C31H21NO/c1-2-7-22(8-3-1)23-13-15-24(16-14-23)25-17-19-26(20-18-25)27-9-6-10-28(21-27)31-32-29-11-4-5-12-30(29)33-31/h1-21H. The summed E-state index contributed by atoms with van der Waals surface area (Å²) in [5.74, 6) is 0.646. The molecule has 0 radical (unpaired) electrons. The Bertz CT molecular complexity index is 1500. The summed E-state index contributed by atoms with van der Waals surface area (Å²) in [6.45, 7) is 0. The smallest absolute Gasteiger partial charge is 0.227 e. The molecule has 0 aliphatic carbocycles. The van der Waals surface area contributed by atoms with Crippen molar-refractivity contribution in [3.8, 4) is 44.8 Å². The van der Waals surface area contributed by atoms with Gasteiger partial charge in [0.25, 0.3) is 0 Å². The predicted octanol–water partition coefficient (Wildman–Crippen LogP) is 8.50. The lowest BCUT2D eigenvalue weighted by Crippen LogP contribution is -1.83. The summed E-state index contributed by atoms with van der Waals surface area (Å²) < 4.78 is 5.95. The fourth-order valence-electron chi connectivity index (χ4n) is 4.17. The van der Waals surface area contributed by atoms with Gasteiger partial charge in [-0.05, 0) is 57.6 Å². The van der Waals surface area contributed by atoms with E-state index in [0.717, 1.165) is 27.8 Å². The highest BCUT2D eigenvalue weighted by Crippen LogP contribution is 2.30. The van der Waals surface area contributed by atoms with Crippen LogP contribution in [-0.4, -0.2) is 4.98 Å². The molecule has 0 unspecified atom stereocenters. The van der Waals surface area contributed by atoms with E-state index in [-0.39, 0.29) is 0 Å². The molecule has 0 atom stereocenters. The second kappa shape index (κ2) is 8.25. The minimum Gasteiger partial charge on any atom is -0.436 e. The van der Waals surface area contributed by atoms with Crippen molar-refractivity contribution in [1.29, 1.82) is 0 Å². The summed E-state index contributed by atoms with van der Waals surface area (Å²) in [7, 11) is 0. The maximum Gasteiger partial charge on any atom is 0.227 e. The number of fused-ring (bicyclic) bond motifs is 1. The Labute approximate surface area is 192 Å². The minimum absolute atomic E-state index is 0.646. The summed E-state index contributed by atoms with van der Waals surface area (Å²) in [5, 5.41) is 0. The highest BCUT2D eigenvalue weighted by Gasteiger charge is 2.09. The molecule has 0 aliphatic rings. The fourth-order valence-corrected chi connectivity index (χ4v) is 4.17. The number of hydrogen-bond acceptors (Lipinski definition) is 2. The molecule has 1 heterocycles. The predicted molar refractivity (Wildman–Crippen MR) is 136 cm³/mol. The normalized spacial score (nSPS) is 11.0. The Morgan fingerprint density at radius 3 is 1.52 bits per heavy atom. The van der Waals surface area contributed by atoms with Gasteiger partial charge in [-0.3, -0.25) is 0 Å². The van der Waals surface area contributed by atoms with Crippen LogP contribution in [0.25, 0.3) is 55.9 Å². The fraction of sp³-hybridized carbons (Fsp3) is 0. The molecule has 6 aromatic rings. The zero-order valence-electron chi connectivity index (χ0n) is 18.0. The van der Waals surface area contributed by atoms with Crippen LogP contribution in [0.4, 0.5) is 0 Å². The van der Waals surface area contributed by atoms with Gasteiger partial charge in [-0.15, -0.1) is 0 Å². The van der Waals surface area contributed by atoms with Crippen LogP contribution in [0.1, 0.15) is 0 Å². The number of benzene rings is 5. The lowest BCUT2D eigenvalue weighted by Gasteiger charge is -2.07. The van der Waals surface area contributed by atoms with E-state index in [1.165, 1.54) is 22.3 Å². The number of para-hydroxylation sites is 2. The van der Waals surface area contributed by atoms with Gasteiger partial charge in [0.1, 0.15) is 5.52 Å². The average Bonchev–Trinajstić information content (AvgIpc) is 3.34. The minimum atomic E-state index is 0.646. The summed E-state index contributed by atoms with van der Waals surface area (Å²) in [6, 6.07) is 44.1. The molecule has 156 valence electrons. The molecular weight excluding hydrogens is 402 g/mol. The molecular formula is C31H21NO. The van der Waals surface area contributed by atoms with Crippen molar-refractivity contribution in [1.82, 2.24) is 4.98 Å². The lowest BCUT2D eigenvalue weighted by atomic mass is 9.97. The van der Waals surface area contributed by atoms with Crippen LogP contribution in [0.5, 0.6) is 0 Å². The third-order valence-corrected chi connectivity index (χ3v) is 5.95. The van der Waals surface area contributed by atoms with Crippen LogP contribution in [0.2, 0.25) is 0 Å². The average molecular weight is 424 g/mol. The molecule has 2 heteroatoms. The van der Waals surface area contributed by atoms with Gasteiger partial charge >= 0.3 is 0 Å². The zero-order valence-corrected chi connectivity index (χ0v) is 18.0. The Morgan fingerprint density at radius 2 is 0.879 bits per heavy atom. The van der Waals surface area contributed by atoms with Gasteiger partial charge in [0.2, 0.25) is 5.89 Å². The Morgan fingerprint density at radius 1 is 0.394 bits per heavy atom. The molecule has 0 amide bonds. The third-order valence-electron chi connectivity index (χ3n) is 5.95. The van der Waals surface area contributed by atoms with Gasteiger partial charge in [-0.25, -0.2) is 4.98 Å². The molecule has 0 saturated heterocycles. The van der Waals surface area contributed by atoms with Crippen LogP contribution in [0.15, 0.2) is 132 Å². The van der Waals surface area contributed by atoms with Crippen molar-refractivity contribution in [3.63, 3.8) is 0 Å². The second-order valence-electron chi connectivity index (χ2n) is 8.09. The molecule has 33 heavy (non-hydrogen) atoms. The van der Waals surface area contributed by atoms with E-state index in [9.17, 15) is 0 Å². The van der Waals surface area contributed by atoms with Crippen molar-refractivity contribution in [2.75, 3.05) is 0 Å². The summed E-state index contributed by atoms with van der Waals surface area (Å²) >= 11 is 0. The third kappa shape index (κ3) is 3.83. The first-order valence-electron chi connectivity index (χ1n) is 11.1. The Balaban J connectivity index is 1.27. The van der Waals surface area contributed by atoms with Gasteiger partial charge in [0.15, 0.2) is 5.58 Å². The van der Waals surface area contributed by atoms with Crippen LogP contribution in [0, 0.1) is 0 Å². The Hall–Kier alpha value is -4.43. The van der Waals surface area contributed by atoms with Crippen molar-refractivity contribution in [2.24, 2.45) is 0 Å². The SMILES string of the molecule is c1ccc(-c2ccc(-c3ccc(-c4cccc(-c5nc6ccccc6o5)c4)cc3)cc2)cc1. The van der Waals surface area contributed by atoms with Gasteiger partial charge in [0.05, 0.1) is 0 Å². The molecule has 0 saturated carbocycles. The van der Waals surface area contributed by atoms with E-state index in [0.29, 0.717) is 5.89 Å². The van der Waals surface area contributed by atoms with E-state index >= 15 is 0 Å². The monoisotopic (exact) mass is 423 g/mol. The number of aromatic nitrogens is 1. The van der Waals surface area contributed by atoms with Gasteiger partial charge < -0.3 is 4.42 Å². The van der Waals surface area contributed by atoms with E-state index < -0.39 is 0 Å². The van der Waals surface area contributed by atoms with Gasteiger partial charge in [-0.2, -0.15) is 0 Å². The van der Waals surface area contributed by atoms with Crippen LogP contribution < -0.4 is 0 Å². The van der Waals surface area contributed by atoms with Crippen molar-refractivity contribution >= 4 is 11.1 Å². The molecule has 0 aliphatic heterocycles. The van der Waals surface area contributed by atoms with Crippen molar-refractivity contribution in [3.05, 3.63) is 127 Å². The molecule has 0 spiro atoms. The number of rotatable bonds is 4. The Kier molecular flexibility index (Phi) is 4.82. The first-order valence-corrected chi connectivity index (χ1v) is 11.1. The van der Waals surface area contributed by atoms with Crippen LogP contribution in [0.3, 0.4) is 0 Å². The number of oxazole rings is 1. The largest absolute Gasteiger partial charge is 0.436 e. The van der Waals surface area contributed by atoms with Gasteiger partial charge in [0, 0.05) is 5.56 Å². The molecule has 5 aromatic carbocycles. The number of hydrogen-bond donors (Lipinski definition) is 0. The molecule has 1 aromatic heterocycles. The summed E-state index contributed by atoms with van der Waals surface area (Å²) in [5.41, 5.74) is 9.84. The maximum absolute atomic E-state index is 5.95. The first kappa shape index (κ1) is 19.3. The van der Waals surface area contributed by atoms with Crippen LogP contribution in [-0.2, 0) is 0 Å². The molecule has 2 nitrogen and oxygen atoms in total. The summed E-state index contributed by atoms with van der Waals surface area (Å²) in [4.78, 5) is 4.63. The highest BCUT2D eigenvalue weighted by molar-refractivity contribution is 5.78. The van der Waals surface area contributed by atoms with E-state index in [2.05, 4.69) is 96.0 Å². The lowest BCUT2D eigenvalue weighted by molar-refractivity contribution is 0.620. The zero-order chi connectivity index (χ0) is 22.0.